The van der Waals surface area contributed by atoms with E-state index in [2.05, 4.69) is 21.2 Å². The lowest BCUT2D eigenvalue weighted by Gasteiger charge is -2.12. The molecule has 4 heteroatoms. The zero-order valence-corrected chi connectivity index (χ0v) is 13.2. The van der Waals surface area contributed by atoms with Crippen LogP contribution in [0.2, 0.25) is 0 Å². The minimum Gasteiger partial charge on any atom is -0.494 e. The topological polar surface area (TPSA) is 30.5 Å². The highest BCUT2D eigenvalue weighted by atomic mass is 79.9. The fraction of sp³-hybridized carbons (Fsp3) is 0.250. The van der Waals surface area contributed by atoms with Gasteiger partial charge in [0.15, 0.2) is 0 Å². The summed E-state index contributed by atoms with van der Waals surface area (Å²) < 4.78 is 12.4. The average Bonchev–Trinajstić information content (AvgIpc) is 2.44. The van der Waals surface area contributed by atoms with Crippen LogP contribution in [0.3, 0.4) is 0 Å². The van der Waals surface area contributed by atoms with Crippen molar-refractivity contribution in [1.29, 1.82) is 0 Å². The number of benzene rings is 2. The molecule has 0 radical (unpaired) electrons. The number of hydrogen-bond acceptors (Lipinski definition) is 3. The number of rotatable bonds is 6. The second-order valence-electron chi connectivity index (χ2n) is 4.29. The molecular formula is C16H18BrNO2. The second kappa shape index (κ2) is 7.31. The van der Waals surface area contributed by atoms with Gasteiger partial charge >= 0.3 is 0 Å². The van der Waals surface area contributed by atoms with Crippen molar-refractivity contribution < 1.29 is 9.47 Å². The van der Waals surface area contributed by atoms with Crippen LogP contribution in [0, 0.1) is 0 Å². The second-order valence-corrected chi connectivity index (χ2v) is 5.20. The van der Waals surface area contributed by atoms with Crippen molar-refractivity contribution in [2.24, 2.45) is 0 Å². The summed E-state index contributed by atoms with van der Waals surface area (Å²) in [6.07, 6.45) is 0. The third kappa shape index (κ3) is 3.99. The normalized spacial score (nSPS) is 10.3. The molecule has 0 aliphatic heterocycles. The molecule has 0 aliphatic rings. The van der Waals surface area contributed by atoms with E-state index in [1.807, 2.05) is 56.4 Å². The van der Waals surface area contributed by atoms with Gasteiger partial charge in [0.05, 0.1) is 6.61 Å². The summed E-state index contributed by atoms with van der Waals surface area (Å²) in [5.74, 6) is 2.49. The first kappa shape index (κ1) is 14.9. The highest BCUT2D eigenvalue weighted by Crippen LogP contribution is 2.29. The van der Waals surface area contributed by atoms with Crippen LogP contribution in [-0.2, 0) is 6.54 Å². The Hall–Kier alpha value is -1.52. The first-order valence-electron chi connectivity index (χ1n) is 6.56. The Morgan fingerprint density at radius 1 is 1.05 bits per heavy atom. The molecule has 2 rings (SSSR count). The Labute approximate surface area is 128 Å². The lowest BCUT2D eigenvalue weighted by Crippen LogP contribution is -2.06. The Bertz CT molecular complexity index is 555. The predicted octanol–water partition coefficient (Wildman–Crippen LogP) is 4.36. The molecule has 0 unspecified atom stereocenters. The third-order valence-corrected chi connectivity index (χ3v) is 3.25. The number of ether oxygens (including phenoxy) is 2. The molecule has 0 amide bonds. The van der Waals surface area contributed by atoms with E-state index in [9.17, 15) is 0 Å². The summed E-state index contributed by atoms with van der Waals surface area (Å²) in [6, 6.07) is 13.7. The SMILES string of the molecule is CCOc1ccc(Oc2cc(Br)ccc2CNC)cc1. The van der Waals surface area contributed by atoms with Gasteiger partial charge in [-0.25, -0.2) is 0 Å². The molecule has 0 spiro atoms. The van der Waals surface area contributed by atoms with Crippen LogP contribution >= 0.6 is 15.9 Å². The average molecular weight is 336 g/mol. The molecule has 2 aromatic rings. The molecule has 0 aromatic heterocycles. The zero-order valence-electron chi connectivity index (χ0n) is 11.7. The lowest BCUT2D eigenvalue weighted by molar-refractivity contribution is 0.339. The van der Waals surface area contributed by atoms with Crippen LogP contribution in [0.5, 0.6) is 17.2 Å². The molecule has 3 nitrogen and oxygen atoms in total. The Morgan fingerprint density at radius 3 is 2.40 bits per heavy atom. The van der Waals surface area contributed by atoms with E-state index in [1.165, 1.54) is 0 Å². The van der Waals surface area contributed by atoms with Crippen LogP contribution in [0.15, 0.2) is 46.9 Å². The van der Waals surface area contributed by atoms with Crippen LogP contribution in [0.1, 0.15) is 12.5 Å². The fourth-order valence-corrected chi connectivity index (χ4v) is 2.20. The summed E-state index contributed by atoms with van der Waals surface area (Å²) in [6.45, 7) is 3.40. The van der Waals surface area contributed by atoms with Crippen molar-refractivity contribution in [3.8, 4) is 17.2 Å². The van der Waals surface area contributed by atoms with E-state index in [4.69, 9.17) is 9.47 Å². The predicted molar refractivity (Wildman–Crippen MR) is 84.6 cm³/mol. The maximum atomic E-state index is 5.95. The smallest absolute Gasteiger partial charge is 0.133 e. The molecule has 0 saturated carbocycles. The Balaban J connectivity index is 2.18. The van der Waals surface area contributed by atoms with Crippen LogP contribution in [-0.4, -0.2) is 13.7 Å². The van der Waals surface area contributed by atoms with Crippen molar-refractivity contribution in [1.82, 2.24) is 5.32 Å². The van der Waals surface area contributed by atoms with Gasteiger partial charge in [-0.3, -0.25) is 0 Å². The van der Waals surface area contributed by atoms with Crippen molar-refractivity contribution in [2.45, 2.75) is 13.5 Å². The summed E-state index contributed by atoms with van der Waals surface area (Å²) in [7, 11) is 1.92. The van der Waals surface area contributed by atoms with Gasteiger partial charge in [0, 0.05) is 16.6 Å². The highest BCUT2D eigenvalue weighted by Gasteiger charge is 2.06. The van der Waals surface area contributed by atoms with Gasteiger partial charge in [0.1, 0.15) is 17.2 Å². The summed E-state index contributed by atoms with van der Waals surface area (Å²) >= 11 is 3.47. The first-order valence-corrected chi connectivity index (χ1v) is 7.36. The third-order valence-electron chi connectivity index (χ3n) is 2.76. The molecule has 0 fully saturated rings. The standard InChI is InChI=1S/C16H18BrNO2/c1-3-19-14-6-8-15(9-7-14)20-16-10-13(17)5-4-12(16)11-18-2/h4-10,18H,3,11H2,1-2H3. The highest BCUT2D eigenvalue weighted by molar-refractivity contribution is 9.10. The largest absolute Gasteiger partial charge is 0.494 e. The van der Waals surface area contributed by atoms with Crippen molar-refractivity contribution in [3.63, 3.8) is 0 Å². The number of nitrogens with one attached hydrogen (secondary N) is 1. The quantitative estimate of drug-likeness (QED) is 0.850. The number of halogens is 1. The van der Waals surface area contributed by atoms with E-state index in [0.717, 1.165) is 33.8 Å². The number of hydrogen-bond donors (Lipinski definition) is 1. The summed E-state index contributed by atoms with van der Waals surface area (Å²) in [4.78, 5) is 0. The van der Waals surface area contributed by atoms with Crippen LogP contribution in [0.4, 0.5) is 0 Å². The lowest BCUT2D eigenvalue weighted by atomic mass is 10.2. The van der Waals surface area contributed by atoms with E-state index in [1.54, 1.807) is 0 Å². The minimum atomic E-state index is 0.665. The van der Waals surface area contributed by atoms with Crippen molar-refractivity contribution in [3.05, 3.63) is 52.5 Å². The molecule has 0 saturated heterocycles. The van der Waals surface area contributed by atoms with Crippen LogP contribution in [0.25, 0.3) is 0 Å². The molecule has 20 heavy (non-hydrogen) atoms. The van der Waals surface area contributed by atoms with E-state index in [-0.39, 0.29) is 0 Å². The minimum absolute atomic E-state index is 0.665. The molecule has 106 valence electrons. The molecule has 2 aromatic carbocycles. The van der Waals surface area contributed by atoms with E-state index < -0.39 is 0 Å². The van der Waals surface area contributed by atoms with Crippen LogP contribution < -0.4 is 14.8 Å². The molecule has 0 aliphatic carbocycles. The monoisotopic (exact) mass is 335 g/mol. The maximum Gasteiger partial charge on any atom is 0.133 e. The Morgan fingerprint density at radius 2 is 1.75 bits per heavy atom. The van der Waals surface area contributed by atoms with Crippen molar-refractivity contribution in [2.75, 3.05) is 13.7 Å². The molecular weight excluding hydrogens is 318 g/mol. The summed E-state index contributed by atoms with van der Waals surface area (Å²) in [5.41, 5.74) is 1.12. The first-order chi connectivity index (χ1) is 9.72. The molecule has 1 N–H and O–H groups in total. The fourth-order valence-electron chi connectivity index (χ4n) is 1.86. The van der Waals surface area contributed by atoms with Gasteiger partial charge < -0.3 is 14.8 Å². The van der Waals surface area contributed by atoms with Crippen molar-refractivity contribution >= 4 is 15.9 Å². The maximum absolute atomic E-state index is 5.95. The van der Waals surface area contributed by atoms with Gasteiger partial charge in [-0.2, -0.15) is 0 Å². The van der Waals surface area contributed by atoms with Gasteiger partial charge in [0.2, 0.25) is 0 Å². The molecule has 0 heterocycles. The van der Waals surface area contributed by atoms with E-state index >= 15 is 0 Å². The molecule has 0 atom stereocenters. The van der Waals surface area contributed by atoms with Gasteiger partial charge in [-0.15, -0.1) is 0 Å². The van der Waals surface area contributed by atoms with Gasteiger partial charge in [0.25, 0.3) is 0 Å². The Kier molecular flexibility index (Phi) is 5.44. The summed E-state index contributed by atoms with van der Waals surface area (Å²) in [5, 5.41) is 3.14. The van der Waals surface area contributed by atoms with Gasteiger partial charge in [-0.1, -0.05) is 22.0 Å². The van der Waals surface area contributed by atoms with E-state index in [0.29, 0.717) is 6.61 Å². The molecule has 0 bridgehead atoms. The van der Waals surface area contributed by atoms with Gasteiger partial charge in [-0.05, 0) is 50.4 Å². The zero-order chi connectivity index (χ0) is 14.4.